The summed E-state index contributed by atoms with van der Waals surface area (Å²) < 4.78 is 51.7. The van der Waals surface area contributed by atoms with E-state index in [1.807, 2.05) is 59.2 Å². The van der Waals surface area contributed by atoms with Crippen molar-refractivity contribution in [3.8, 4) is 28.4 Å². The molecule has 0 N–H and O–H groups in total. The fourth-order valence-corrected chi connectivity index (χ4v) is 7.82. The van der Waals surface area contributed by atoms with Crippen LogP contribution in [0.15, 0.2) is 134 Å². The number of benzene rings is 6. The number of aryl methyl sites for hydroxylation is 2. The molecule has 0 aliphatic carbocycles. The van der Waals surface area contributed by atoms with Gasteiger partial charge in [-0.15, -0.1) is 48.1 Å². The molecule has 294 valence electrons. The van der Waals surface area contributed by atoms with Crippen molar-refractivity contribution in [3.05, 3.63) is 175 Å². The van der Waals surface area contributed by atoms with E-state index in [-0.39, 0.29) is 32.0 Å². The molecule has 58 heavy (non-hydrogen) atoms. The number of ether oxygens (including phenoxy) is 1. The predicted octanol–water partition coefficient (Wildman–Crippen LogP) is 13.6. The summed E-state index contributed by atoms with van der Waals surface area (Å²) in [5.74, 6) is 1.53. The number of pyridine rings is 1. The maximum atomic E-state index is 14.4. The van der Waals surface area contributed by atoms with Crippen molar-refractivity contribution in [1.82, 2.24) is 9.55 Å². The second-order valence-electron chi connectivity index (χ2n) is 15.5. The molecule has 0 spiro atoms. The third-order valence-electron chi connectivity index (χ3n) is 10.4. The van der Waals surface area contributed by atoms with E-state index in [2.05, 4.69) is 93.6 Å². The number of alkyl halides is 3. The van der Waals surface area contributed by atoms with Gasteiger partial charge in [-0.05, 0) is 101 Å². The first-order chi connectivity index (χ1) is 27.3. The van der Waals surface area contributed by atoms with E-state index >= 15 is 0 Å². The molecule has 0 atom stereocenters. The van der Waals surface area contributed by atoms with Crippen LogP contribution in [0.1, 0.15) is 43.0 Å². The summed E-state index contributed by atoms with van der Waals surface area (Å²) in [5.41, 5.74) is 8.39. The van der Waals surface area contributed by atoms with Crippen LogP contribution in [0.2, 0.25) is 0 Å². The average molecular weight is 951 g/mol. The van der Waals surface area contributed by atoms with E-state index < -0.39 is 11.7 Å². The Morgan fingerprint density at radius 2 is 1.34 bits per heavy atom. The van der Waals surface area contributed by atoms with Crippen LogP contribution in [0.4, 0.5) is 35.9 Å². The van der Waals surface area contributed by atoms with Crippen LogP contribution < -0.4 is 14.5 Å². The van der Waals surface area contributed by atoms with Gasteiger partial charge < -0.3 is 19.1 Å². The zero-order valence-electron chi connectivity index (χ0n) is 32.4. The fraction of sp³-hybridized carbons (Fsp3) is 0.143. The third kappa shape index (κ3) is 7.04. The SMILES string of the molecule is Cc1cc(C)cc(N2[CH-]N(c3[c-]c(Oc4[c-]c5c(cc4)c4c(-c6ccccc6C(F)(F)F)cccc4n5-c4cc(C(C)(C)C)ccn4)ccc3)c3ccccc32)c1.[Pt]. The Kier molecular flexibility index (Phi) is 9.97. The normalized spacial score (nSPS) is 12.9. The molecule has 9 heteroatoms. The Morgan fingerprint density at radius 3 is 2.09 bits per heavy atom. The average Bonchev–Trinajstić information content (AvgIpc) is 3.73. The van der Waals surface area contributed by atoms with E-state index in [4.69, 9.17) is 9.72 Å². The van der Waals surface area contributed by atoms with Crippen LogP contribution in [-0.4, -0.2) is 9.55 Å². The van der Waals surface area contributed by atoms with Crippen molar-refractivity contribution in [2.75, 3.05) is 9.80 Å². The smallest absolute Gasteiger partial charge is 0.417 e. The molecule has 0 bridgehead atoms. The Hall–Kier alpha value is -5.85. The molecule has 0 unspecified atom stereocenters. The van der Waals surface area contributed by atoms with Gasteiger partial charge in [0, 0.05) is 61.3 Å². The minimum absolute atomic E-state index is 0. The van der Waals surface area contributed by atoms with Gasteiger partial charge in [0.2, 0.25) is 0 Å². The van der Waals surface area contributed by atoms with E-state index in [0.29, 0.717) is 39.3 Å². The largest absolute Gasteiger partial charge is 0.509 e. The van der Waals surface area contributed by atoms with Crippen molar-refractivity contribution in [2.24, 2.45) is 0 Å². The molecule has 2 aromatic heterocycles. The Labute approximate surface area is 350 Å². The number of para-hydroxylation sites is 2. The van der Waals surface area contributed by atoms with Gasteiger partial charge in [-0.25, -0.2) is 4.98 Å². The summed E-state index contributed by atoms with van der Waals surface area (Å²) >= 11 is 0. The summed E-state index contributed by atoms with van der Waals surface area (Å²) in [6, 6.07) is 46.3. The first kappa shape index (κ1) is 39.0. The summed E-state index contributed by atoms with van der Waals surface area (Å²) in [4.78, 5) is 9.06. The summed E-state index contributed by atoms with van der Waals surface area (Å²) in [7, 11) is 0. The Balaban J connectivity index is 0.00000469. The van der Waals surface area contributed by atoms with Gasteiger partial charge in [0.15, 0.2) is 0 Å². The van der Waals surface area contributed by atoms with Crippen LogP contribution in [0, 0.1) is 32.6 Å². The van der Waals surface area contributed by atoms with Crippen LogP contribution in [0.3, 0.4) is 0 Å². The molecule has 0 saturated heterocycles. The molecule has 5 nitrogen and oxygen atoms in total. The number of halogens is 3. The zero-order chi connectivity index (χ0) is 39.6. The van der Waals surface area contributed by atoms with Gasteiger partial charge in [0.1, 0.15) is 5.82 Å². The van der Waals surface area contributed by atoms with Crippen LogP contribution in [-0.2, 0) is 32.7 Å². The van der Waals surface area contributed by atoms with Gasteiger partial charge >= 0.3 is 6.18 Å². The van der Waals surface area contributed by atoms with E-state index in [0.717, 1.165) is 39.8 Å². The van der Waals surface area contributed by atoms with Crippen LogP contribution in [0.5, 0.6) is 11.5 Å². The molecular formula is C49H38F3N4OPt-3. The van der Waals surface area contributed by atoms with E-state index in [1.54, 1.807) is 30.5 Å². The van der Waals surface area contributed by atoms with Gasteiger partial charge in [-0.2, -0.15) is 25.3 Å². The maximum Gasteiger partial charge on any atom is 0.417 e. The number of rotatable bonds is 6. The molecule has 1 aliphatic rings. The molecular weight excluding hydrogens is 913 g/mol. The minimum Gasteiger partial charge on any atom is -0.509 e. The van der Waals surface area contributed by atoms with E-state index in [1.165, 1.54) is 23.3 Å². The third-order valence-corrected chi connectivity index (χ3v) is 10.4. The maximum absolute atomic E-state index is 14.4. The van der Waals surface area contributed by atoms with Gasteiger partial charge in [0.25, 0.3) is 0 Å². The molecule has 0 saturated carbocycles. The first-order valence-corrected chi connectivity index (χ1v) is 18.8. The molecule has 9 rings (SSSR count). The van der Waals surface area contributed by atoms with Crippen molar-refractivity contribution in [3.63, 3.8) is 0 Å². The molecule has 3 heterocycles. The van der Waals surface area contributed by atoms with E-state index in [9.17, 15) is 13.2 Å². The fourth-order valence-electron chi connectivity index (χ4n) is 7.82. The van der Waals surface area contributed by atoms with Crippen molar-refractivity contribution < 1.29 is 39.0 Å². The standard InChI is InChI=1S/C49H38F3N4O.Pt/c1-31-24-32(2)26-35(25-31)55-30-54(42-17-8-9-18-43(42)55)34-12-10-13-36(28-34)57-37-20-21-40-45(29-37)56(46-27-33(22-23-53-46)48(3,4)5)44-19-11-15-39(47(40)44)38-14-6-7-16-41(38)49(50,51)52;/h6-27,30H,1-5H3;/q-3;. The van der Waals surface area contributed by atoms with Crippen molar-refractivity contribution in [1.29, 1.82) is 0 Å². The molecule has 1 aliphatic heterocycles. The van der Waals surface area contributed by atoms with Gasteiger partial charge in [-0.1, -0.05) is 74.8 Å². The van der Waals surface area contributed by atoms with Crippen molar-refractivity contribution in [2.45, 2.75) is 46.2 Å². The number of hydrogen-bond donors (Lipinski definition) is 0. The second-order valence-corrected chi connectivity index (χ2v) is 15.5. The minimum atomic E-state index is -4.54. The summed E-state index contributed by atoms with van der Waals surface area (Å²) in [6.45, 7) is 12.7. The monoisotopic (exact) mass is 950 g/mol. The van der Waals surface area contributed by atoms with Crippen LogP contribution in [0.25, 0.3) is 38.8 Å². The predicted molar refractivity (Wildman–Crippen MR) is 223 cm³/mol. The summed E-state index contributed by atoms with van der Waals surface area (Å²) in [5, 5.41) is 1.39. The topological polar surface area (TPSA) is 33.5 Å². The zero-order valence-corrected chi connectivity index (χ0v) is 34.7. The Morgan fingerprint density at radius 1 is 0.672 bits per heavy atom. The van der Waals surface area contributed by atoms with Crippen LogP contribution >= 0.6 is 0 Å². The molecule has 0 amide bonds. The van der Waals surface area contributed by atoms with Gasteiger partial charge in [0.05, 0.1) is 5.56 Å². The number of nitrogens with zero attached hydrogens (tertiary/aromatic N) is 4. The molecule has 8 aromatic rings. The summed E-state index contributed by atoms with van der Waals surface area (Å²) in [6.07, 6.45) is -2.77. The molecule has 0 fully saturated rings. The van der Waals surface area contributed by atoms with Gasteiger partial charge in [-0.3, -0.25) is 0 Å². The molecule has 0 radical (unpaired) electrons. The number of fused-ring (bicyclic) bond motifs is 4. The number of anilines is 4. The Bertz CT molecular complexity index is 2820. The number of aromatic nitrogens is 2. The second kappa shape index (κ2) is 14.8. The first-order valence-electron chi connectivity index (χ1n) is 18.8. The molecule has 6 aromatic carbocycles. The number of hydrogen-bond acceptors (Lipinski definition) is 4. The van der Waals surface area contributed by atoms with Crippen molar-refractivity contribution >= 4 is 44.6 Å². The quantitative estimate of drug-likeness (QED) is 0.156.